The smallest absolute Gasteiger partial charge is 0.328 e. The minimum atomic E-state index is -1.66. The molecule has 0 aliphatic carbocycles. The Balaban J connectivity index is 5.58. The third-order valence-corrected chi connectivity index (χ3v) is 4.46. The van der Waals surface area contributed by atoms with Crippen molar-refractivity contribution in [1.29, 1.82) is 0 Å². The zero-order chi connectivity index (χ0) is 25.9. The van der Waals surface area contributed by atoms with Gasteiger partial charge in [-0.25, -0.2) is 4.79 Å². The van der Waals surface area contributed by atoms with Crippen LogP contribution in [-0.2, 0) is 28.8 Å². The highest BCUT2D eigenvalue weighted by Crippen LogP contribution is 2.08. The summed E-state index contributed by atoms with van der Waals surface area (Å²) in [6.07, 6.45) is -2.32. The van der Waals surface area contributed by atoms with E-state index >= 15 is 0 Å². The molecule has 0 radical (unpaired) electrons. The van der Waals surface area contributed by atoms with Crippen LogP contribution in [0.15, 0.2) is 0 Å². The number of nitrogens with one attached hydrogen (secondary N) is 3. The number of hydrogen-bond donors (Lipinski definition) is 8. The van der Waals surface area contributed by atoms with Crippen LogP contribution < -0.4 is 33.2 Å². The van der Waals surface area contributed by atoms with E-state index < -0.39 is 72.2 Å². The Bertz CT molecular complexity index is 742. The average molecular weight is 475 g/mol. The van der Waals surface area contributed by atoms with Gasteiger partial charge in [0.15, 0.2) is 6.04 Å². The SMILES string of the molecule is CC(C)CC(NC(=O)C(N)CC(N)=O)C(=O)NC(CCC(N)=O)C(=O)NC(C(=O)O)C(C)O. The van der Waals surface area contributed by atoms with Crippen molar-refractivity contribution in [2.45, 2.75) is 76.7 Å². The van der Waals surface area contributed by atoms with Crippen LogP contribution in [0.2, 0.25) is 0 Å². The number of nitrogens with two attached hydrogens (primary N) is 3. The first-order chi connectivity index (χ1) is 15.1. The predicted octanol–water partition coefficient (Wildman–Crippen LogP) is -3.58. The van der Waals surface area contributed by atoms with E-state index in [4.69, 9.17) is 22.3 Å². The van der Waals surface area contributed by atoms with Crippen LogP contribution in [0.4, 0.5) is 0 Å². The lowest BCUT2D eigenvalue weighted by atomic mass is 10.0. The molecule has 33 heavy (non-hydrogen) atoms. The van der Waals surface area contributed by atoms with Gasteiger partial charge in [-0.05, 0) is 25.7 Å². The number of rotatable bonds is 15. The molecule has 0 heterocycles. The van der Waals surface area contributed by atoms with Gasteiger partial charge in [-0.2, -0.15) is 0 Å². The fourth-order valence-electron chi connectivity index (χ4n) is 2.76. The van der Waals surface area contributed by atoms with E-state index in [2.05, 4.69) is 16.0 Å². The highest BCUT2D eigenvalue weighted by Gasteiger charge is 2.32. The fourth-order valence-corrected chi connectivity index (χ4v) is 2.76. The number of aliphatic hydroxyl groups is 1. The van der Waals surface area contributed by atoms with E-state index in [0.717, 1.165) is 6.92 Å². The van der Waals surface area contributed by atoms with Gasteiger partial charge >= 0.3 is 5.97 Å². The number of carbonyl (C=O) groups is 6. The Morgan fingerprint density at radius 2 is 1.33 bits per heavy atom. The maximum atomic E-state index is 12.9. The molecule has 0 aromatic carbocycles. The molecule has 11 N–H and O–H groups in total. The van der Waals surface area contributed by atoms with Crippen molar-refractivity contribution in [2.24, 2.45) is 23.1 Å². The van der Waals surface area contributed by atoms with Gasteiger partial charge < -0.3 is 43.4 Å². The van der Waals surface area contributed by atoms with Gasteiger partial charge in [-0.1, -0.05) is 13.8 Å². The van der Waals surface area contributed by atoms with E-state index in [1.165, 1.54) is 0 Å². The minimum Gasteiger partial charge on any atom is -0.480 e. The van der Waals surface area contributed by atoms with E-state index in [0.29, 0.717) is 0 Å². The van der Waals surface area contributed by atoms with Crippen molar-refractivity contribution in [3.05, 3.63) is 0 Å². The number of primary amides is 2. The summed E-state index contributed by atoms with van der Waals surface area (Å²) in [5.41, 5.74) is 15.7. The maximum Gasteiger partial charge on any atom is 0.328 e. The first-order valence-corrected chi connectivity index (χ1v) is 10.3. The molecule has 0 spiro atoms. The van der Waals surface area contributed by atoms with Crippen molar-refractivity contribution in [3.8, 4) is 0 Å². The fraction of sp³-hybridized carbons (Fsp3) is 0.684. The van der Waals surface area contributed by atoms with Crippen molar-refractivity contribution in [2.75, 3.05) is 0 Å². The van der Waals surface area contributed by atoms with Crippen LogP contribution in [0.1, 0.15) is 46.5 Å². The highest BCUT2D eigenvalue weighted by molar-refractivity contribution is 5.95. The van der Waals surface area contributed by atoms with Crippen LogP contribution in [-0.4, -0.2) is 76.0 Å². The molecule has 0 rings (SSSR count). The molecule has 14 nitrogen and oxygen atoms in total. The Morgan fingerprint density at radius 1 is 0.818 bits per heavy atom. The molecular formula is C19H34N6O8. The summed E-state index contributed by atoms with van der Waals surface area (Å²) in [5.74, 6) is -5.76. The van der Waals surface area contributed by atoms with Gasteiger partial charge in [-0.3, -0.25) is 24.0 Å². The van der Waals surface area contributed by atoms with Crippen LogP contribution in [0.25, 0.3) is 0 Å². The molecule has 5 atom stereocenters. The number of carboxylic acids is 1. The number of aliphatic hydroxyl groups excluding tert-OH is 1. The molecule has 188 valence electrons. The van der Waals surface area contributed by atoms with Gasteiger partial charge in [0, 0.05) is 6.42 Å². The van der Waals surface area contributed by atoms with Gasteiger partial charge in [0.05, 0.1) is 18.6 Å². The lowest BCUT2D eigenvalue weighted by Crippen LogP contribution is -2.58. The van der Waals surface area contributed by atoms with Crippen LogP contribution in [0, 0.1) is 5.92 Å². The molecule has 0 aromatic rings. The normalized spacial score (nSPS) is 15.5. The lowest BCUT2D eigenvalue weighted by Gasteiger charge is -2.26. The topological polar surface area (TPSA) is 257 Å². The quantitative estimate of drug-likeness (QED) is 0.116. The third kappa shape index (κ3) is 11.8. The molecule has 5 amide bonds. The predicted molar refractivity (Wildman–Crippen MR) is 115 cm³/mol. The van der Waals surface area contributed by atoms with E-state index in [9.17, 15) is 33.9 Å². The van der Waals surface area contributed by atoms with E-state index in [1.54, 1.807) is 13.8 Å². The number of aliphatic carboxylic acids is 1. The van der Waals surface area contributed by atoms with Gasteiger partial charge in [0.2, 0.25) is 29.5 Å². The molecule has 0 aliphatic rings. The molecule has 0 aromatic heterocycles. The first kappa shape index (κ1) is 29.7. The van der Waals surface area contributed by atoms with Gasteiger partial charge in [0.25, 0.3) is 0 Å². The number of hydrogen-bond acceptors (Lipinski definition) is 8. The van der Waals surface area contributed by atoms with E-state index in [1.807, 2.05) is 0 Å². The number of amides is 5. The monoisotopic (exact) mass is 474 g/mol. The Labute approximate surface area is 191 Å². The van der Waals surface area contributed by atoms with Crippen LogP contribution >= 0.6 is 0 Å². The third-order valence-electron chi connectivity index (χ3n) is 4.46. The summed E-state index contributed by atoms with van der Waals surface area (Å²) in [7, 11) is 0. The molecule has 0 aliphatic heterocycles. The van der Waals surface area contributed by atoms with Crippen molar-refractivity contribution in [1.82, 2.24) is 16.0 Å². The standard InChI is InChI=1S/C19H34N6O8/c1-8(2)6-12(24-16(29)10(20)7-14(22)28)18(31)23-11(4-5-13(21)27)17(30)25-15(9(3)26)19(32)33/h8-12,15,26H,4-7,20H2,1-3H3,(H2,21,27)(H2,22,28)(H,23,31)(H,24,29)(H,25,30)(H,32,33). The second-order valence-corrected chi connectivity index (χ2v) is 8.10. The lowest BCUT2D eigenvalue weighted by molar-refractivity contribution is -0.145. The van der Waals surface area contributed by atoms with Crippen molar-refractivity contribution in [3.63, 3.8) is 0 Å². The van der Waals surface area contributed by atoms with Crippen LogP contribution in [0.5, 0.6) is 0 Å². The second kappa shape index (κ2) is 14.0. The van der Waals surface area contributed by atoms with Crippen LogP contribution in [0.3, 0.4) is 0 Å². The maximum absolute atomic E-state index is 12.9. The molecule has 5 unspecified atom stereocenters. The number of carbonyl (C=O) groups excluding carboxylic acids is 5. The highest BCUT2D eigenvalue weighted by atomic mass is 16.4. The molecule has 0 fully saturated rings. The second-order valence-electron chi connectivity index (χ2n) is 8.10. The molecule has 0 saturated carbocycles. The van der Waals surface area contributed by atoms with Crippen molar-refractivity contribution < 1.29 is 39.0 Å². The first-order valence-electron chi connectivity index (χ1n) is 10.3. The van der Waals surface area contributed by atoms with Crippen molar-refractivity contribution >= 4 is 35.5 Å². The average Bonchev–Trinajstić information content (AvgIpc) is 2.66. The van der Waals surface area contributed by atoms with Gasteiger partial charge in [0.1, 0.15) is 12.1 Å². The van der Waals surface area contributed by atoms with Gasteiger partial charge in [-0.15, -0.1) is 0 Å². The summed E-state index contributed by atoms with van der Waals surface area (Å²) in [4.78, 5) is 71.1. The summed E-state index contributed by atoms with van der Waals surface area (Å²) >= 11 is 0. The largest absolute Gasteiger partial charge is 0.480 e. The summed E-state index contributed by atoms with van der Waals surface area (Å²) in [6.45, 7) is 4.69. The Kier molecular flexibility index (Phi) is 12.6. The number of carboxylic acid groups (broad SMARTS) is 1. The molecule has 0 bridgehead atoms. The zero-order valence-corrected chi connectivity index (χ0v) is 18.9. The minimum absolute atomic E-state index is 0.0852. The molecular weight excluding hydrogens is 440 g/mol. The molecule has 14 heteroatoms. The Morgan fingerprint density at radius 3 is 1.76 bits per heavy atom. The zero-order valence-electron chi connectivity index (χ0n) is 18.9. The Hall–Kier alpha value is -3.26. The summed E-state index contributed by atoms with van der Waals surface area (Å²) in [5, 5.41) is 25.6. The molecule has 0 saturated heterocycles. The summed E-state index contributed by atoms with van der Waals surface area (Å²) in [6, 6.07) is -5.51. The summed E-state index contributed by atoms with van der Waals surface area (Å²) < 4.78 is 0. The van der Waals surface area contributed by atoms with E-state index in [-0.39, 0.29) is 25.2 Å².